The average molecular weight is 292 g/mol. The SMILES string of the molecule is CC(C)(N)CNC(=O)CN1CCCCCCC1=O.Cl. The van der Waals surface area contributed by atoms with Gasteiger partial charge in [-0.25, -0.2) is 0 Å². The molecule has 6 heteroatoms. The van der Waals surface area contributed by atoms with Crippen molar-refractivity contribution in [3.05, 3.63) is 0 Å². The number of nitrogens with two attached hydrogens (primary N) is 1. The first-order valence-electron chi connectivity index (χ1n) is 6.72. The topological polar surface area (TPSA) is 75.4 Å². The van der Waals surface area contributed by atoms with Crippen molar-refractivity contribution >= 4 is 24.2 Å². The molecule has 0 aromatic heterocycles. The Bertz CT molecular complexity index is 303. The van der Waals surface area contributed by atoms with Crippen LogP contribution in [0.1, 0.15) is 46.0 Å². The lowest BCUT2D eigenvalue weighted by Gasteiger charge is -2.25. The smallest absolute Gasteiger partial charge is 0.239 e. The van der Waals surface area contributed by atoms with Crippen molar-refractivity contribution in [3.63, 3.8) is 0 Å². The maximum absolute atomic E-state index is 11.8. The van der Waals surface area contributed by atoms with Gasteiger partial charge >= 0.3 is 0 Å². The summed E-state index contributed by atoms with van der Waals surface area (Å²) in [4.78, 5) is 25.2. The van der Waals surface area contributed by atoms with Gasteiger partial charge in [-0.2, -0.15) is 0 Å². The zero-order valence-corrected chi connectivity index (χ0v) is 12.7. The van der Waals surface area contributed by atoms with Gasteiger partial charge in [0.2, 0.25) is 11.8 Å². The molecule has 0 aromatic rings. The van der Waals surface area contributed by atoms with Gasteiger partial charge in [-0.3, -0.25) is 9.59 Å². The van der Waals surface area contributed by atoms with E-state index in [1.807, 2.05) is 13.8 Å². The highest BCUT2D eigenvalue weighted by atomic mass is 35.5. The number of carbonyl (C=O) groups is 2. The average Bonchev–Trinajstić information content (AvgIpc) is 2.25. The highest BCUT2D eigenvalue weighted by Gasteiger charge is 2.19. The fourth-order valence-corrected chi connectivity index (χ4v) is 1.94. The summed E-state index contributed by atoms with van der Waals surface area (Å²) >= 11 is 0. The first-order chi connectivity index (χ1) is 8.38. The third-order valence-electron chi connectivity index (χ3n) is 3.00. The number of carbonyl (C=O) groups excluding carboxylic acids is 2. The predicted molar refractivity (Wildman–Crippen MR) is 78.2 cm³/mol. The Balaban J connectivity index is 0.00000324. The van der Waals surface area contributed by atoms with Gasteiger partial charge in [-0.1, -0.05) is 12.8 Å². The van der Waals surface area contributed by atoms with E-state index in [0.717, 1.165) is 25.7 Å². The van der Waals surface area contributed by atoms with Gasteiger partial charge in [0.1, 0.15) is 0 Å². The Morgan fingerprint density at radius 1 is 1.32 bits per heavy atom. The molecule has 112 valence electrons. The molecule has 0 atom stereocenters. The van der Waals surface area contributed by atoms with Gasteiger partial charge in [0, 0.05) is 25.0 Å². The van der Waals surface area contributed by atoms with Crippen LogP contribution in [0.5, 0.6) is 0 Å². The third kappa shape index (κ3) is 8.06. The zero-order valence-electron chi connectivity index (χ0n) is 11.9. The summed E-state index contributed by atoms with van der Waals surface area (Å²) in [5.41, 5.74) is 5.37. The highest BCUT2D eigenvalue weighted by Crippen LogP contribution is 2.11. The molecule has 0 radical (unpaired) electrons. The lowest BCUT2D eigenvalue weighted by atomic mass is 10.1. The molecule has 1 aliphatic heterocycles. The summed E-state index contributed by atoms with van der Waals surface area (Å²) in [5.74, 6) is -0.0284. The molecule has 1 fully saturated rings. The molecule has 0 aromatic carbocycles. The van der Waals surface area contributed by atoms with Gasteiger partial charge in [0.15, 0.2) is 0 Å². The van der Waals surface area contributed by atoms with E-state index in [-0.39, 0.29) is 30.8 Å². The molecule has 5 nitrogen and oxygen atoms in total. The molecular weight excluding hydrogens is 266 g/mol. The second kappa shape index (κ2) is 8.38. The molecule has 0 unspecified atom stereocenters. The molecule has 0 saturated carbocycles. The number of rotatable bonds is 4. The fourth-order valence-electron chi connectivity index (χ4n) is 1.94. The normalized spacial score (nSPS) is 17.2. The van der Waals surface area contributed by atoms with E-state index in [2.05, 4.69) is 5.32 Å². The van der Waals surface area contributed by atoms with E-state index in [4.69, 9.17) is 5.73 Å². The van der Waals surface area contributed by atoms with Crippen LogP contribution in [-0.4, -0.2) is 41.9 Å². The van der Waals surface area contributed by atoms with Crippen molar-refractivity contribution in [1.82, 2.24) is 10.2 Å². The van der Waals surface area contributed by atoms with E-state index in [1.165, 1.54) is 0 Å². The van der Waals surface area contributed by atoms with E-state index in [9.17, 15) is 9.59 Å². The minimum absolute atomic E-state index is 0. The number of hydrogen-bond donors (Lipinski definition) is 2. The Labute approximate surface area is 121 Å². The predicted octanol–water partition coefficient (Wildman–Crippen LogP) is 1.05. The van der Waals surface area contributed by atoms with Crippen molar-refractivity contribution < 1.29 is 9.59 Å². The van der Waals surface area contributed by atoms with Crippen LogP contribution in [0.4, 0.5) is 0 Å². The van der Waals surface area contributed by atoms with E-state index >= 15 is 0 Å². The van der Waals surface area contributed by atoms with Gasteiger partial charge in [0.05, 0.1) is 6.54 Å². The van der Waals surface area contributed by atoms with Crippen LogP contribution >= 0.6 is 12.4 Å². The Morgan fingerprint density at radius 3 is 2.58 bits per heavy atom. The third-order valence-corrected chi connectivity index (χ3v) is 3.00. The van der Waals surface area contributed by atoms with Crippen molar-refractivity contribution in [2.75, 3.05) is 19.6 Å². The summed E-state index contributed by atoms with van der Waals surface area (Å²) < 4.78 is 0. The maximum atomic E-state index is 11.8. The molecule has 1 rings (SSSR count). The second-order valence-electron chi connectivity index (χ2n) is 5.74. The quantitative estimate of drug-likeness (QED) is 0.813. The summed E-state index contributed by atoms with van der Waals surface area (Å²) in [5, 5.41) is 2.77. The van der Waals surface area contributed by atoms with Crippen LogP contribution in [0.2, 0.25) is 0 Å². The Kier molecular flexibility index (Phi) is 8.02. The lowest BCUT2D eigenvalue weighted by Crippen LogP contribution is -2.48. The molecule has 1 aliphatic rings. The van der Waals surface area contributed by atoms with Crippen molar-refractivity contribution in [2.24, 2.45) is 5.73 Å². The van der Waals surface area contributed by atoms with Gasteiger partial charge < -0.3 is 16.0 Å². The molecular formula is C13H26ClN3O2. The van der Waals surface area contributed by atoms with E-state index in [0.29, 0.717) is 19.5 Å². The number of nitrogens with zero attached hydrogens (tertiary/aromatic N) is 1. The van der Waals surface area contributed by atoms with Crippen LogP contribution in [0.15, 0.2) is 0 Å². The molecule has 0 aliphatic carbocycles. The Morgan fingerprint density at radius 2 is 1.95 bits per heavy atom. The molecule has 0 bridgehead atoms. The van der Waals surface area contributed by atoms with Crippen LogP contribution in [-0.2, 0) is 9.59 Å². The number of hydrogen-bond acceptors (Lipinski definition) is 3. The van der Waals surface area contributed by atoms with Gasteiger partial charge in [-0.15, -0.1) is 12.4 Å². The fraction of sp³-hybridized carbons (Fsp3) is 0.846. The summed E-state index contributed by atoms with van der Waals surface area (Å²) in [6.45, 7) is 4.99. The number of amides is 2. The molecule has 2 amide bonds. The lowest BCUT2D eigenvalue weighted by molar-refractivity contribution is -0.136. The van der Waals surface area contributed by atoms with Gasteiger partial charge in [0.25, 0.3) is 0 Å². The Hall–Kier alpha value is -0.810. The maximum Gasteiger partial charge on any atom is 0.239 e. The van der Waals surface area contributed by atoms with Crippen LogP contribution in [0.3, 0.4) is 0 Å². The molecule has 1 heterocycles. The van der Waals surface area contributed by atoms with E-state index < -0.39 is 5.54 Å². The first-order valence-corrected chi connectivity index (χ1v) is 6.72. The van der Waals surface area contributed by atoms with Crippen molar-refractivity contribution in [1.29, 1.82) is 0 Å². The number of likely N-dealkylation sites (tertiary alicyclic amines) is 1. The van der Waals surface area contributed by atoms with Crippen LogP contribution in [0.25, 0.3) is 0 Å². The first kappa shape index (κ1) is 18.2. The van der Waals surface area contributed by atoms with Crippen LogP contribution < -0.4 is 11.1 Å². The summed E-state index contributed by atoms with van der Waals surface area (Å²) in [6, 6.07) is 0. The monoisotopic (exact) mass is 291 g/mol. The molecule has 19 heavy (non-hydrogen) atoms. The molecule has 0 spiro atoms. The zero-order chi connectivity index (χ0) is 13.6. The second-order valence-corrected chi connectivity index (χ2v) is 5.74. The minimum Gasteiger partial charge on any atom is -0.353 e. The van der Waals surface area contributed by atoms with Crippen molar-refractivity contribution in [3.8, 4) is 0 Å². The molecule has 3 N–H and O–H groups in total. The van der Waals surface area contributed by atoms with E-state index in [1.54, 1.807) is 4.90 Å². The number of nitrogens with one attached hydrogen (secondary N) is 1. The highest BCUT2D eigenvalue weighted by molar-refractivity contribution is 5.85. The minimum atomic E-state index is -0.421. The molecule has 1 saturated heterocycles. The largest absolute Gasteiger partial charge is 0.353 e. The van der Waals surface area contributed by atoms with Crippen LogP contribution in [0, 0.1) is 0 Å². The van der Waals surface area contributed by atoms with Crippen molar-refractivity contribution in [2.45, 2.75) is 51.5 Å². The summed E-state index contributed by atoms with van der Waals surface area (Å²) in [7, 11) is 0. The standard InChI is InChI=1S/C13H25N3O2.ClH/c1-13(2,14)10-15-11(17)9-16-8-6-4-3-5-7-12(16)18;/h3-10,14H2,1-2H3,(H,15,17);1H. The summed E-state index contributed by atoms with van der Waals surface area (Å²) in [6.07, 6.45) is 4.75. The number of halogens is 1. The van der Waals surface area contributed by atoms with Gasteiger partial charge in [-0.05, 0) is 26.7 Å².